The summed E-state index contributed by atoms with van der Waals surface area (Å²) in [6.45, 7) is 5.81. The number of ether oxygens (including phenoxy) is 1. The van der Waals surface area contributed by atoms with Crippen LogP contribution in [0.5, 0.6) is 0 Å². The monoisotopic (exact) mass is 373 g/mol. The van der Waals surface area contributed by atoms with Crippen LogP contribution in [-0.4, -0.2) is 41.6 Å². The predicted molar refractivity (Wildman–Crippen MR) is 102 cm³/mol. The SMILES string of the molecule is CC(C)CC(=O)Nc1ccc(-c2csc(CCN3CCOC3=O)n2)cc1. The van der Waals surface area contributed by atoms with Crippen molar-refractivity contribution in [2.24, 2.45) is 5.92 Å². The molecule has 1 aromatic carbocycles. The van der Waals surface area contributed by atoms with Crippen molar-refractivity contribution in [1.82, 2.24) is 9.88 Å². The number of aromatic nitrogens is 1. The van der Waals surface area contributed by atoms with Crippen molar-refractivity contribution in [2.75, 3.05) is 25.0 Å². The molecular formula is C19H23N3O3S. The Morgan fingerprint density at radius 3 is 2.77 bits per heavy atom. The first-order chi connectivity index (χ1) is 12.5. The Bertz CT molecular complexity index is 771. The molecule has 2 aromatic rings. The first kappa shape index (κ1) is 18.4. The van der Waals surface area contributed by atoms with Gasteiger partial charge in [-0.15, -0.1) is 11.3 Å². The van der Waals surface area contributed by atoms with Gasteiger partial charge in [-0.05, 0) is 18.1 Å². The molecule has 1 fully saturated rings. The van der Waals surface area contributed by atoms with Crippen molar-refractivity contribution in [3.8, 4) is 11.3 Å². The summed E-state index contributed by atoms with van der Waals surface area (Å²) in [6, 6.07) is 7.71. The van der Waals surface area contributed by atoms with Gasteiger partial charge in [0.1, 0.15) is 6.61 Å². The van der Waals surface area contributed by atoms with Crippen molar-refractivity contribution in [2.45, 2.75) is 26.7 Å². The van der Waals surface area contributed by atoms with Gasteiger partial charge in [-0.2, -0.15) is 0 Å². The van der Waals surface area contributed by atoms with E-state index >= 15 is 0 Å². The first-order valence-corrected chi connectivity index (χ1v) is 9.65. The van der Waals surface area contributed by atoms with E-state index in [1.807, 2.05) is 43.5 Å². The van der Waals surface area contributed by atoms with E-state index in [9.17, 15) is 9.59 Å². The molecule has 0 atom stereocenters. The molecule has 2 heterocycles. The zero-order valence-electron chi connectivity index (χ0n) is 15.0. The molecule has 0 unspecified atom stereocenters. The maximum absolute atomic E-state index is 11.8. The number of nitrogens with one attached hydrogen (secondary N) is 1. The Labute approximate surface area is 157 Å². The Balaban J connectivity index is 1.56. The molecule has 0 spiro atoms. The van der Waals surface area contributed by atoms with E-state index in [4.69, 9.17) is 4.74 Å². The molecule has 2 amide bonds. The molecule has 6 nitrogen and oxygen atoms in total. The van der Waals surface area contributed by atoms with E-state index in [2.05, 4.69) is 10.3 Å². The lowest BCUT2D eigenvalue weighted by Gasteiger charge is -2.10. The van der Waals surface area contributed by atoms with E-state index in [0.29, 0.717) is 32.0 Å². The van der Waals surface area contributed by atoms with Crippen molar-refractivity contribution < 1.29 is 14.3 Å². The minimum atomic E-state index is -0.239. The highest BCUT2D eigenvalue weighted by Gasteiger charge is 2.21. The fourth-order valence-corrected chi connectivity index (χ4v) is 3.52. The van der Waals surface area contributed by atoms with E-state index in [-0.39, 0.29) is 12.0 Å². The third kappa shape index (κ3) is 4.82. The van der Waals surface area contributed by atoms with E-state index in [1.165, 1.54) is 0 Å². The molecule has 0 bridgehead atoms. The van der Waals surface area contributed by atoms with Crippen LogP contribution in [0.4, 0.5) is 10.5 Å². The fourth-order valence-electron chi connectivity index (χ4n) is 2.72. The molecule has 26 heavy (non-hydrogen) atoms. The summed E-state index contributed by atoms with van der Waals surface area (Å²) in [4.78, 5) is 29.6. The molecule has 7 heteroatoms. The van der Waals surface area contributed by atoms with Gasteiger partial charge in [0.15, 0.2) is 0 Å². The number of benzene rings is 1. The van der Waals surface area contributed by atoms with E-state index in [0.717, 1.165) is 28.4 Å². The normalized spacial score (nSPS) is 14.0. The minimum Gasteiger partial charge on any atom is -0.448 e. The van der Waals surface area contributed by atoms with Crippen molar-refractivity contribution in [3.05, 3.63) is 34.7 Å². The van der Waals surface area contributed by atoms with Crippen LogP contribution in [0.25, 0.3) is 11.3 Å². The highest BCUT2D eigenvalue weighted by atomic mass is 32.1. The zero-order chi connectivity index (χ0) is 18.5. The van der Waals surface area contributed by atoms with Crippen LogP contribution in [0.1, 0.15) is 25.3 Å². The molecule has 0 aliphatic carbocycles. The number of carbonyl (C=O) groups excluding carboxylic acids is 2. The third-order valence-electron chi connectivity index (χ3n) is 4.05. The van der Waals surface area contributed by atoms with Crippen molar-refractivity contribution in [1.29, 1.82) is 0 Å². The highest BCUT2D eigenvalue weighted by molar-refractivity contribution is 7.09. The van der Waals surface area contributed by atoms with Gasteiger partial charge in [-0.25, -0.2) is 9.78 Å². The standard InChI is InChI=1S/C19H23N3O3S/c1-13(2)11-17(23)20-15-5-3-14(4-6-15)16-12-26-18(21-16)7-8-22-9-10-25-19(22)24/h3-6,12-13H,7-11H2,1-2H3,(H,20,23). The lowest BCUT2D eigenvalue weighted by atomic mass is 10.1. The van der Waals surface area contributed by atoms with Gasteiger partial charge < -0.3 is 15.0 Å². The largest absolute Gasteiger partial charge is 0.448 e. The molecule has 1 aromatic heterocycles. The molecule has 1 N–H and O–H groups in total. The quantitative estimate of drug-likeness (QED) is 0.801. The van der Waals surface area contributed by atoms with Crippen LogP contribution in [0, 0.1) is 5.92 Å². The lowest BCUT2D eigenvalue weighted by molar-refractivity contribution is -0.116. The molecule has 1 aliphatic rings. The van der Waals surface area contributed by atoms with Crippen LogP contribution in [-0.2, 0) is 16.0 Å². The Morgan fingerprint density at radius 1 is 1.35 bits per heavy atom. The third-order valence-corrected chi connectivity index (χ3v) is 4.96. The summed E-state index contributed by atoms with van der Waals surface area (Å²) in [5.41, 5.74) is 2.71. The van der Waals surface area contributed by atoms with Crippen molar-refractivity contribution in [3.63, 3.8) is 0 Å². The number of thiazole rings is 1. The Hall–Kier alpha value is -2.41. The molecule has 0 saturated carbocycles. The van der Waals surface area contributed by atoms with Crippen molar-refractivity contribution >= 4 is 29.0 Å². The lowest BCUT2D eigenvalue weighted by Crippen LogP contribution is -2.26. The van der Waals surface area contributed by atoms with Gasteiger partial charge in [0, 0.05) is 36.0 Å². The molecule has 0 radical (unpaired) electrons. The summed E-state index contributed by atoms with van der Waals surface area (Å²) in [6.07, 6.45) is 1.00. The summed E-state index contributed by atoms with van der Waals surface area (Å²) in [5.74, 6) is 0.370. The Kier molecular flexibility index (Phi) is 5.88. The number of amides is 2. The average molecular weight is 373 g/mol. The fraction of sp³-hybridized carbons (Fsp3) is 0.421. The molecule has 138 valence electrons. The zero-order valence-corrected chi connectivity index (χ0v) is 15.8. The van der Waals surface area contributed by atoms with Crippen LogP contribution in [0.3, 0.4) is 0 Å². The number of anilines is 1. The number of carbonyl (C=O) groups is 2. The van der Waals surface area contributed by atoms with Crippen LogP contribution in [0.15, 0.2) is 29.6 Å². The number of hydrogen-bond donors (Lipinski definition) is 1. The number of hydrogen-bond acceptors (Lipinski definition) is 5. The number of nitrogens with zero attached hydrogens (tertiary/aromatic N) is 2. The second-order valence-corrected chi connectivity index (χ2v) is 7.64. The average Bonchev–Trinajstić information content (AvgIpc) is 3.22. The van der Waals surface area contributed by atoms with Gasteiger partial charge >= 0.3 is 6.09 Å². The van der Waals surface area contributed by atoms with Gasteiger partial charge in [0.05, 0.1) is 17.2 Å². The van der Waals surface area contributed by atoms with Crippen LogP contribution in [0.2, 0.25) is 0 Å². The second kappa shape index (κ2) is 8.31. The second-order valence-electron chi connectivity index (χ2n) is 6.70. The van der Waals surface area contributed by atoms with Crippen LogP contribution < -0.4 is 5.32 Å². The maximum Gasteiger partial charge on any atom is 0.409 e. The predicted octanol–water partition coefficient (Wildman–Crippen LogP) is 3.79. The molecule has 3 rings (SSSR count). The highest BCUT2D eigenvalue weighted by Crippen LogP contribution is 2.24. The van der Waals surface area contributed by atoms with E-state index in [1.54, 1.807) is 16.2 Å². The van der Waals surface area contributed by atoms with Crippen LogP contribution >= 0.6 is 11.3 Å². The summed E-state index contributed by atoms with van der Waals surface area (Å²) < 4.78 is 4.93. The number of rotatable bonds is 7. The van der Waals surface area contributed by atoms with Gasteiger partial charge in [-0.3, -0.25) is 4.79 Å². The summed E-state index contributed by atoms with van der Waals surface area (Å²) in [5, 5.41) is 5.92. The smallest absolute Gasteiger partial charge is 0.409 e. The number of cyclic esters (lactones) is 1. The molecule has 1 aliphatic heterocycles. The first-order valence-electron chi connectivity index (χ1n) is 8.77. The topological polar surface area (TPSA) is 71.5 Å². The maximum atomic E-state index is 11.8. The Morgan fingerprint density at radius 2 is 2.12 bits per heavy atom. The molecular weight excluding hydrogens is 350 g/mol. The van der Waals surface area contributed by atoms with E-state index < -0.39 is 0 Å². The van der Waals surface area contributed by atoms with Gasteiger partial charge in [-0.1, -0.05) is 26.0 Å². The minimum absolute atomic E-state index is 0.0316. The van der Waals surface area contributed by atoms with Gasteiger partial charge in [0.25, 0.3) is 0 Å². The van der Waals surface area contributed by atoms with Gasteiger partial charge in [0.2, 0.25) is 5.91 Å². The molecule has 1 saturated heterocycles. The summed E-state index contributed by atoms with van der Waals surface area (Å²) >= 11 is 1.59. The summed E-state index contributed by atoms with van der Waals surface area (Å²) in [7, 11) is 0.